The summed E-state index contributed by atoms with van der Waals surface area (Å²) in [5.74, 6) is 1.29. The zero-order valence-electron chi connectivity index (χ0n) is 12.9. The Balaban J connectivity index is 1.81. The molecule has 2 heterocycles. The lowest BCUT2D eigenvalue weighted by atomic mass is 9.87. The van der Waals surface area contributed by atoms with Crippen LogP contribution in [0.5, 0.6) is 0 Å². The molecule has 116 valence electrons. The molecule has 1 fully saturated rings. The summed E-state index contributed by atoms with van der Waals surface area (Å²) in [6, 6.07) is -0.249. The molecule has 2 atom stereocenters. The van der Waals surface area contributed by atoms with E-state index in [9.17, 15) is 4.79 Å². The second-order valence-electron chi connectivity index (χ2n) is 5.86. The number of aryl methyl sites for hydroxylation is 1. The first-order valence-electron chi connectivity index (χ1n) is 7.51. The molecule has 6 heteroatoms. The van der Waals surface area contributed by atoms with Gasteiger partial charge in [0.25, 0.3) is 0 Å². The molecule has 0 spiro atoms. The van der Waals surface area contributed by atoms with Crippen LogP contribution in [0, 0.1) is 18.8 Å². The van der Waals surface area contributed by atoms with Crippen LogP contribution in [0.25, 0.3) is 0 Å². The minimum absolute atomic E-state index is 0.221. The molecule has 2 rings (SSSR count). The van der Waals surface area contributed by atoms with E-state index in [2.05, 4.69) is 34.4 Å². The second kappa shape index (κ2) is 7.36. The minimum atomic E-state index is -0.249. The van der Waals surface area contributed by atoms with Crippen LogP contribution in [0.3, 0.4) is 0 Å². The Bertz CT molecular complexity index is 461. The average Bonchev–Trinajstić information content (AvgIpc) is 2.48. The summed E-state index contributed by atoms with van der Waals surface area (Å²) in [7, 11) is 0. The maximum Gasteiger partial charge on any atom is 0.320 e. The van der Waals surface area contributed by atoms with Crippen LogP contribution in [0.2, 0.25) is 0 Å². The highest BCUT2D eigenvalue weighted by atomic mass is 16.5. The molecule has 1 aliphatic heterocycles. The largest absolute Gasteiger partial charge is 0.378 e. The van der Waals surface area contributed by atoms with E-state index in [0.29, 0.717) is 24.2 Å². The van der Waals surface area contributed by atoms with Gasteiger partial charge in [-0.15, -0.1) is 0 Å². The number of hydrogen-bond acceptors (Lipinski definition) is 4. The SMILES string of the molecule is Cc1cnc(NC(=O)NCC2CCCOC2C(C)C)cn1. The molecule has 0 saturated carbocycles. The van der Waals surface area contributed by atoms with Gasteiger partial charge >= 0.3 is 6.03 Å². The highest BCUT2D eigenvalue weighted by Crippen LogP contribution is 2.25. The molecule has 1 aromatic heterocycles. The fourth-order valence-corrected chi connectivity index (χ4v) is 2.66. The molecule has 1 saturated heterocycles. The van der Waals surface area contributed by atoms with E-state index in [1.165, 1.54) is 0 Å². The Labute approximate surface area is 125 Å². The van der Waals surface area contributed by atoms with Crippen molar-refractivity contribution in [1.29, 1.82) is 0 Å². The van der Waals surface area contributed by atoms with Crippen LogP contribution in [0.15, 0.2) is 12.4 Å². The number of amides is 2. The van der Waals surface area contributed by atoms with E-state index in [-0.39, 0.29) is 12.1 Å². The van der Waals surface area contributed by atoms with Gasteiger partial charge in [0, 0.05) is 19.1 Å². The fraction of sp³-hybridized carbons (Fsp3) is 0.667. The predicted octanol–water partition coefficient (Wildman–Crippen LogP) is 2.36. The lowest BCUT2D eigenvalue weighted by Gasteiger charge is -2.34. The molecule has 0 aromatic carbocycles. The number of rotatable bonds is 4. The van der Waals surface area contributed by atoms with Gasteiger partial charge in [0.05, 0.1) is 24.2 Å². The number of carbonyl (C=O) groups is 1. The summed E-state index contributed by atoms with van der Waals surface area (Å²) < 4.78 is 5.82. The van der Waals surface area contributed by atoms with Gasteiger partial charge in [-0.2, -0.15) is 0 Å². The number of urea groups is 1. The van der Waals surface area contributed by atoms with Gasteiger partial charge < -0.3 is 10.1 Å². The van der Waals surface area contributed by atoms with Crippen molar-refractivity contribution in [3.8, 4) is 0 Å². The maximum atomic E-state index is 11.9. The summed E-state index contributed by atoms with van der Waals surface area (Å²) in [5, 5.41) is 5.59. The molecule has 0 aliphatic carbocycles. The third kappa shape index (κ3) is 4.67. The van der Waals surface area contributed by atoms with Crippen LogP contribution in [0.1, 0.15) is 32.4 Å². The van der Waals surface area contributed by atoms with Crippen molar-refractivity contribution < 1.29 is 9.53 Å². The zero-order valence-corrected chi connectivity index (χ0v) is 12.9. The van der Waals surface area contributed by atoms with Crippen molar-refractivity contribution >= 4 is 11.8 Å². The van der Waals surface area contributed by atoms with Crippen molar-refractivity contribution in [3.63, 3.8) is 0 Å². The maximum absolute atomic E-state index is 11.9. The van der Waals surface area contributed by atoms with Gasteiger partial charge in [-0.3, -0.25) is 10.3 Å². The summed E-state index contributed by atoms with van der Waals surface area (Å²) in [5.41, 5.74) is 0.820. The summed E-state index contributed by atoms with van der Waals surface area (Å²) in [6.45, 7) is 7.61. The molecule has 0 bridgehead atoms. The van der Waals surface area contributed by atoms with Crippen molar-refractivity contribution in [2.24, 2.45) is 11.8 Å². The van der Waals surface area contributed by atoms with Crippen LogP contribution in [0.4, 0.5) is 10.6 Å². The second-order valence-corrected chi connectivity index (χ2v) is 5.86. The lowest BCUT2D eigenvalue weighted by molar-refractivity contribution is -0.0507. The first-order chi connectivity index (χ1) is 10.1. The number of anilines is 1. The van der Waals surface area contributed by atoms with Crippen LogP contribution in [-0.2, 0) is 4.74 Å². The van der Waals surface area contributed by atoms with Gasteiger partial charge in [0.15, 0.2) is 5.82 Å². The normalized spacial score (nSPS) is 22.1. The number of aromatic nitrogens is 2. The number of carbonyl (C=O) groups excluding carboxylic acids is 1. The van der Waals surface area contributed by atoms with Crippen LogP contribution < -0.4 is 10.6 Å². The fourth-order valence-electron chi connectivity index (χ4n) is 2.66. The number of nitrogens with zero attached hydrogens (tertiary/aromatic N) is 2. The van der Waals surface area contributed by atoms with Crippen LogP contribution in [-0.4, -0.2) is 35.3 Å². The average molecular weight is 292 g/mol. The molecule has 1 aromatic rings. The first-order valence-corrected chi connectivity index (χ1v) is 7.51. The molecule has 0 radical (unpaired) electrons. The van der Waals surface area contributed by atoms with E-state index >= 15 is 0 Å². The molecular weight excluding hydrogens is 268 g/mol. The van der Waals surface area contributed by atoms with E-state index in [1.54, 1.807) is 12.4 Å². The van der Waals surface area contributed by atoms with Gasteiger partial charge in [0.2, 0.25) is 0 Å². The van der Waals surface area contributed by atoms with Crippen molar-refractivity contribution in [3.05, 3.63) is 18.1 Å². The van der Waals surface area contributed by atoms with Gasteiger partial charge in [-0.1, -0.05) is 13.8 Å². The molecule has 1 aliphatic rings. The quantitative estimate of drug-likeness (QED) is 0.893. The summed E-state index contributed by atoms with van der Waals surface area (Å²) >= 11 is 0. The van der Waals surface area contributed by atoms with E-state index in [1.807, 2.05) is 6.92 Å². The highest BCUT2D eigenvalue weighted by molar-refractivity contribution is 5.87. The van der Waals surface area contributed by atoms with Crippen molar-refractivity contribution in [2.75, 3.05) is 18.5 Å². The molecule has 2 N–H and O–H groups in total. The molecule has 2 unspecified atom stereocenters. The zero-order chi connectivity index (χ0) is 15.2. The smallest absolute Gasteiger partial charge is 0.320 e. The predicted molar refractivity (Wildman–Crippen MR) is 81.1 cm³/mol. The topological polar surface area (TPSA) is 76.1 Å². The minimum Gasteiger partial charge on any atom is -0.378 e. The Hall–Kier alpha value is -1.69. The van der Waals surface area contributed by atoms with E-state index in [4.69, 9.17) is 4.74 Å². The Morgan fingerprint density at radius 1 is 1.43 bits per heavy atom. The third-order valence-corrected chi connectivity index (χ3v) is 3.70. The molecule has 6 nitrogen and oxygen atoms in total. The van der Waals surface area contributed by atoms with Gasteiger partial charge in [0.1, 0.15) is 0 Å². The van der Waals surface area contributed by atoms with Crippen molar-refractivity contribution in [1.82, 2.24) is 15.3 Å². The standard InChI is InChI=1S/C15H24N4O2/c1-10(2)14-12(5-4-6-21-14)8-18-15(20)19-13-9-16-11(3)7-17-13/h7,9-10,12,14H,4-6,8H2,1-3H3,(H2,17,18,19,20). The van der Waals surface area contributed by atoms with Crippen LogP contribution >= 0.6 is 0 Å². The first kappa shape index (κ1) is 15.7. The Kier molecular flexibility index (Phi) is 5.50. The van der Waals surface area contributed by atoms with Gasteiger partial charge in [-0.25, -0.2) is 9.78 Å². The Morgan fingerprint density at radius 2 is 2.24 bits per heavy atom. The van der Waals surface area contributed by atoms with Gasteiger partial charge in [-0.05, 0) is 25.7 Å². The molecular formula is C15H24N4O2. The monoisotopic (exact) mass is 292 g/mol. The lowest BCUT2D eigenvalue weighted by Crippen LogP contribution is -2.42. The number of nitrogens with one attached hydrogen (secondary N) is 2. The summed E-state index contributed by atoms with van der Waals surface area (Å²) in [4.78, 5) is 20.1. The van der Waals surface area contributed by atoms with Crippen molar-refractivity contribution in [2.45, 2.75) is 39.7 Å². The van der Waals surface area contributed by atoms with E-state index < -0.39 is 0 Å². The number of hydrogen-bond donors (Lipinski definition) is 2. The van der Waals surface area contributed by atoms with E-state index in [0.717, 1.165) is 25.1 Å². The third-order valence-electron chi connectivity index (χ3n) is 3.70. The Morgan fingerprint density at radius 3 is 2.90 bits per heavy atom. The number of ether oxygens (including phenoxy) is 1. The summed E-state index contributed by atoms with van der Waals surface area (Å²) in [6.07, 6.45) is 5.54. The highest BCUT2D eigenvalue weighted by Gasteiger charge is 2.28. The molecule has 21 heavy (non-hydrogen) atoms. The molecule has 2 amide bonds.